The second kappa shape index (κ2) is 8.27. The second-order valence-corrected chi connectivity index (χ2v) is 12.1. The summed E-state index contributed by atoms with van der Waals surface area (Å²) in [6.07, 6.45) is 3.87. The van der Waals surface area contributed by atoms with Crippen molar-refractivity contribution in [3.8, 4) is 0 Å². The van der Waals surface area contributed by atoms with Crippen molar-refractivity contribution in [2.45, 2.75) is 65.0 Å². The Balaban J connectivity index is 5.39. The number of ether oxygens (including phenoxy) is 1. The molecule has 0 radical (unpaired) electrons. The van der Waals surface area contributed by atoms with E-state index in [0.29, 0.717) is 6.54 Å². The Kier molecular flexibility index (Phi) is 8.11. The van der Waals surface area contributed by atoms with Gasteiger partial charge < -0.3 is 14.9 Å². The van der Waals surface area contributed by atoms with Gasteiger partial charge >= 0.3 is 0 Å². The highest BCUT2D eigenvalue weighted by Gasteiger charge is 2.41. The molecule has 0 heterocycles. The minimum atomic E-state index is -1.88. The first kappa shape index (κ1) is 20.6. The Morgan fingerprint density at radius 3 is 2.19 bits per heavy atom. The molecule has 0 spiro atoms. The van der Waals surface area contributed by atoms with Crippen molar-refractivity contribution >= 4 is 8.32 Å². The lowest BCUT2D eigenvalue weighted by Gasteiger charge is -2.42. The zero-order chi connectivity index (χ0) is 16.8. The molecule has 0 amide bonds. The van der Waals surface area contributed by atoms with Crippen LogP contribution in [0.4, 0.5) is 0 Å². The van der Waals surface area contributed by atoms with Crippen molar-refractivity contribution in [1.29, 1.82) is 0 Å². The molecule has 0 rings (SSSR count). The predicted octanol–water partition coefficient (Wildman–Crippen LogP) is 4.12. The van der Waals surface area contributed by atoms with Crippen LogP contribution < -0.4 is 5.73 Å². The standard InChI is InChI=1S/C17H35NO2Si/c1-10-15(19-7)16(14(3)11-13(2)12-18)20-21(8,9)17(4,5)6/h10-11,14-16H,1,12,18H2,2-9H3/b13-11+/t14-,15+,16+/m1/s1. The third-order valence-corrected chi connectivity index (χ3v) is 8.93. The molecule has 21 heavy (non-hydrogen) atoms. The highest BCUT2D eigenvalue weighted by atomic mass is 28.4. The quantitative estimate of drug-likeness (QED) is 0.541. The Bertz CT molecular complexity index is 358. The maximum Gasteiger partial charge on any atom is 0.192 e. The summed E-state index contributed by atoms with van der Waals surface area (Å²) in [5.74, 6) is 0.227. The molecule has 4 heteroatoms. The monoisotopic (exact) mass is 313 g/mol. The Labute approximate surface area is 132 Å². The van der Waals surface area contributed by atoms with Gasteiger partial charge in [0, 0.05) is 19.6 Å². The van der Waals surface area contributed by atoms with Gasteiger partial charge in [-0.05, 0) is 25.1 Å². The molecule has 0 aromatic rings. The van der Waals surface area contributed by atoms with E-state index in [1.807, 2.05) is 6.08 Å². The van der Waals surface area contributed by atoms with Crippen molar-refractivity contribution in [1.82, 2.24) is 0 Å². The van der Waals surface area contributed by atoms with E-state index in [4.69, 9.17) is 14.9 Å². The Morgan fingerprint density at radius 2 is 1.86 bits per heavy atom. The van der Waals surface area contributed by atoms with Crippen molar-refractivity contribution in [3.05, 3.63) is 24.3 Å². The van der Waals surface area contributed by atoms with E-state index in [2.05, 4.69) is 60.4 Å². The maximum absolute atomic E-state index is 6.61. The third kappa shape index (κ3) is 6.07. The van der Waals surface area contributed by atoms with Crippen molar-refractivity contribution < 1.29 is 9.16 Å². The molecule has 0 aliphatic heterocycles. The summed E-state index contributed by atoms with van der Waals surface area (Å²) < 4.78 is 12.2. The van der Waals surface area contributed by atoms with Crippen LogP contribution in [0, 0.1) is 5.92 Å². The van der Waals surface area contributed by atoms with Gasteiger partial charge in [-0.15, -0.1) is 6.58 Å². The molecule has 0 aliphatic rings. The van der Waals surface area contributed by atoms with E-state index in [1.165, 1.54) is 5.57 Å². The fourth-order valence-electron chi connectivity index (χ4n) is 1.97. The number of nitrogens with two attached hydrogens (primary N) is 1. The van der Waals surface area contributed by atoms with Gasteiger partial charge in [0.1, 0.15) is 6.10 Å². The lowest BCUT2D eigenvalue weighted by molar-refractivity contribution is 0.00599. The van der Waals surface area contributed by atoms with Crippen LogP contribution >= 0.6 is 0 Å². The van der Waals surface area contributed by atoms with Gasteiger partial charge in [-0.25, -0.2) is 0 Å². The molecular weight excluding hydrogens is 278 g/mol. The van der Waals surface area contributed by atoms with E-state index in [-0.39, 0.29) is 23.2 Å². The lowest BCUT2D eigenvalue weighted by atomic mass is 9.97. The zero-order valence-corrected chi connectivity index (χ0v) is 16.2. The SMILES string of the molecule is C=C[C@H](OC)[C@@H](O[Si](C)(C)C(C)(C)C)[C@H](C)/C=C(\C)CN. The molecule has 2 N–H and O–H groups in total. The van der Waals surface area contributed by atoms with Gasteiger partial charge in [0.2, 0.25) is 0 Å². The summed E-state index contributed by atoms with van der Waals surface area (Å²) >= 11 is 0. The fourth-order valence-corrected chi connectivity index (χ4v) is 3.35. The second-order valence-electron chi connectivity index (χ2n) is 7.36. The zero-order valence-electron chi connectivity index (χ0n) is 15.2. The van der Waals surface area contributed by atoms with Gasteiger partial charge in [-0.3, -0.25) is 0 Å². The molecule has 3 atom stereocenters. The number of hydrogen-bond acceptors (Lipinski definition) is 3. The first-order valence-electron chi connectivity index (χ1n) is 7.70. The highest BCUT2D eigenvalue weighted by Crippen LogP contribution is 2.39. The lowest BCUT2D eigenvalue weighted by Crippen LogP contribution is -2.49. The number of rotatable bonds is 8. The summed E-state index contributed by atoms with van der Waals surface area (Å²) in [6.45, 7) is 19.9. The van der Waals surface area contributed by atoms with Crippen LogP contribution in [0.5, 0.6) is 0 Å². The summed E-state index contributed by atoms with van der Waals surface area (Å²) in [5.41, 5.74) is 6.88. The van der Waals surface area contributed by atoms with E-state index in [1.54, 1.807) is 7.11 Å². The molecule has 0 aromatic heterocycles. The number of hydrogen-bond donors (Lipinski definition) is 1. The molecule has 0 aromatic carbocycles. The van der Waals surface area contributed by atoms with Crippen molar-refractivity contribution in [3.63, 3.8) is 0 Å². The molecule has 0 bridgehead atoms. The Morgan fingerprint density at radius 1 is 1.33 bits per heavy atom. The first-order valence-corrected chi connectivity index (χ1v) is 10.6. The van der Waals surface area contributed by atoms with Gasteiger partial charge in [0.05, 0.1) is 6.10 Å². The van der Waals surface area contributed by atoms with Gasteiger partial charge in [0.25, 0.3) is 0 Å². The van der Waals surface area contributed by atoms with Crippen molar-refractivity contribution in [2.75, 3.05) is 13.7 Å². The van der Waals surface area contributed by atoms with Crippen LogP contribution in [-0.4, -0.2) is 34.2 Å². The molecule has 124 valence electrons. The minimum absolute atomic E-state index is 0.0325. The van der Waals surface area contributed by atoms with E-state index in [0.717, 1.165) is 0 Å². The normalized spacial score (nSPS) is 18.2. The molecule has 0 unspecified atom stereocenters. The van der Waals surface area contributed by atoms with Crippen molar-refractivity contribution in [2.24, 2.45) is 11.7 Å². The van der Waals surface area contributed by atoms with E-state index in [9.17, 15) is 0 Å². The summed E-state index contributed by atoms with van der Waals surface area (Å²) in [5, 5.41) is 0.164. The fraction of sp³-hybridized carbons (Fsp3) is 0.765. The molecule has 0 aliphatic carbocycles. The largest absolute Gasteiger partial charge is 0.410 e. The van der Waals surface area contributed by atoms with E-state index < -0.39 is 8.32 Å². The molecular formula is C17H35NO2Si. The van der Waals surface area contributed by atoms with Crippen LogP contribution in [0.15, 0.2) is 24.3 Å². The third-order valence-electron chi connectivity index (χ3n) is 4.45. The van der Waals surface area contributed by atoms with Crippen LogP contribution in [0.25, 0.3) is 0 Å². The van der Waals surface area contributed by atoms with Gasteiger partial charge in [0.15, 0.2) is 8.32 Å². The first-order chi connectivity index (χ1) is 9.50. The smallest absolute Gasteiger partial charge is 0.192 e. The summed E-state index contributed by atoms with van der Waals surface area (Å²) in [7, 11) is -0.167. The predicted molar refractivity (Wildman–Crippen MR) is 95.0 cm³/mol. The minimum Gasteiger partial charge on any atom is -0.410 e. The van der Waals surface area contributed by atoms with Crippen LogP contribution in [0.3, 0.4) is 0 Å². The highest BCUT2D eigenvalue weighted by molar-refractivity contribution is 6.74. The van der Waals surface area contributed by atoms with Gasteiger partial charge in [-0.2, -0.15) is 0 Å². The van der Waals surface area contributed by atoms with E-state index >= 15 is 0 Å². The average Bonchev–Trinajstić information content (AvgIpc) is 2.37. The molecule has 0 saturated carbocycles. The average molecular weight is 314 g/mol. The number of methoxy groups -OCH3 is 1. The van der Waals surface area contributed by atoms with Gasteiger partial charge in [-0.1, -0.05) is 45.4 Å². The molecule has 3 nitrogen and oxygen atoms in total. The van der Waals surface area contributed by atoms with Crippen LogP contribution in [0.2, 0.25) is 18.1 Å². The Hall–Kier alpha value is -0.423. The maximum atomic E-state index is 6.61. The molecule has 0 fully saturated rings. The topological polar surface area (TPSA) is 44.5 Å². The summed E-state index contributed by atoms with van der Waals surface area (Å²) in [4.78, 5) is 0. The van der Waals surface area contributed by atoms with Crippen LogP contribution in [0.1, 0.15) is 34.6 Å². The summed E-state index contributed by atoms with van der Waals surface area (Å²) in [6, 6.07) is 0. The van der Waals surface area contributed by atoms with Crippen LogP contribution in [-0.2, 0) is 9.16 Å². The molecule has 0 saturated heterocycles.